The van der Waals surface area contributed by atoms with Crippen molar-refractivity contribution in [1.29, 1.82) is 0 Å². The molecule has 0 aliphatic rings. The normalized spacial score (nSPS) is 13.5. The molecule has 3 aromatic rings. The lowest BCUT2D eigenvalue weighted by molar-refractivity contribution is 0.141. The average molecular weight is 473 g/mol. The van der Waals surface area contributed by atoms with Gasteiger partial charge < -0.3 is 25.4 Å². The zero-order chi connectivity index (χ0) is 24.9. The first-order chi connectivity index (χ1) is 16.0. The van der Waals surface area contributed by atoms with Crippen molar-refractivity contribution in [2.24, 2.45) is 5.41 Å². The first kappa shape index (κ1) is 25.3. The highest BCUT2D eigenvalue weighted by Gasteiger charge is 2.31. The zero-order valence-electron chi connectivity index (χ0n) is 19.4. The van der Waals surface area contributed by atoms with Crippen LogP contribution in [0.1, 0.15) is 38.2 Å². The molecule has 1 aromatic heterocycles. The van der Waals surface area contributed by atoms with Crippen LogP contribution in [-0.4, -0.2) is 45.1 Å². The highest BCUT2D eigenvalue weighted by molar-refractivity contribution is 5.64. The lowest BCUT2D eigenvalue weighted by Gasteiger charge is -2.32. The van der Waals surface area contributed by atoms with Crippen LogP contribution >= 0.6 is 0 Å². The summed E-state index contributed by atoms with van der Waals surface area (Å²) < 4.78 is 30.3. The van der Waals surface area contributed by atoms with Crippen LogP contribution in [0.3, 0.4) is 0 Å². The number of benzene rings is 2. The molecule has 2 aromatic carbocycles. The lowest BCUT2D eigenvalue weighted by Crippen LogP contribution is -2.42. The van der Waals surface area contributed by atoms with Crippen LogP contribution in [0.2, 0.25) is 0 Å². The van der Waals surface area contributed by atoms with E-state index < -0.39 is 23.8 Å². The molecule has 0 saturated heterocycles. The Morgan fingerprint density at radius 3 is 2.47 bits per heavy atom. The molecule has 9 heteroatoms. The fourth-order valence-corrected chi connectivity index (χ4v) is 3.71. The first-order valence-electron chi connectivity index (χ1n) is 11.0. The van der Waals surface area contributed by atoms with Crippen LogP contribution in [0, 0.1) is 17.0 Å². The first-order valence-corrected chi connectivity index (χ1v) is 11.0. The van der Waals surface area contributed by atoms with E-state index in [2.05, 4.69) is 10.6 Å². The minimum atomic E-state index is -1.22. The Bertz CT molecular complexity index is 1110. The average Bonchev–Trinajstić information content (AvgIpc) is 3.16. The highest BCUT2D eigenvalue weighted by Crippen LogP contribution is 2.34. The second kappa shape index (κ2) is 10.8. The Hall–Kier alpha value is -3.30. The third-order valence-corrected chi connectivity index (χ3v) is 5.38. The number of aromatic nitrogens is 2. The van der Waals surface area contributed by atoms with E-state index in [0.717, 1.165) is 23.8 Å². The van der Waals surface area contributed by atoms with Gasteiger partial charge in [-0.2, -0.15) is 0 Å². The van der Waals surface area contributed by atoms with Crippen LogP contribution in [0.15, 0.2) is 54.7 Å². The van der Waals surface area contributed by atoms with Crippen molar-refractivity contribution in [2.75, 3.05) is 13.1 Å². The molecule has 34 heavy (non-hydrogen) atoms. The molecule has 0 fully saturated rings. The Balaban J connectivity index is 1.99. The number of hydrogen-bond acceptors (Lipinski definition) is 4. The van der Waals surface area contributed by atoms with Crippen LogP contribution in [-0.2, 0) is 6.54 Å². The van der Waals surface area contributed by atoms with E-state index in [1.165, 1.54) is 0 Å². The van der Waals surface area contributed by atoms with Gasteiger partial charge in [-0.15, -0.1) is 0 Å². The van der Waals surface area contributed by atoms with E-state index >= 15 is 0 Å². The van der Waals surface area contributed by atoms with Gasteiger partial charge in [0, 0.05) is 31.4 Å². The van der Waals surface area contributed by atoms with E-state index in [1.807, 2.05) is 55.7 Å². The summed E-state index contributed by atoms with van der Waals surface area (Å²) in [5.74, 6) is -0.545. The molecule has 0 spiro atoms. The van der Waals surface area contributed by atoms with Crippen molar-refractivity contribution >= 4 is 6.09 Å². The number of halogens is 2. The molecule has 7 nitrogen and oxygen atoms in total. The summed E-state index contributed by atoms with van der Waals surface area (Å²) in [6, 6.07) is 12.6. The van der Waals surface area contributed by atoms with Crippen molar-refractivity contribution < 1.29 is 23.8 Å². The summed E-state index contributed by atoms with van der Waals surface area (Å²) in [6.45, 7) is 6.42. The smallest absolute Gasteiger partial charge is 0.404 e. The van der Waals surface area contributed by atoms with Gasteiger partial charge in [-0.3, -0.25) is 0 Å². The number of carbonyl (C=O) groups is 1. The van der Waals surface area contributed by atoms with E-state index in [-0.39, 0.29) is 30.1 Å². The Kier molecular flexibility index (Phi) is 8.01. The van der Waals surface area contributed by atoms with Crippen molar-refractivity contribution in [3.05, 3.63) is 77.8 Å². The molecular weight excluding hydrogens is 442 g/mol. The Labute approximate surface area is 197 Å². The summed E-state index contributed by atoms with van der Waals surface area (Å²) in [6.07, 6.45) is -0.478. The van der Waals surface area contributed by atoms with Crippen LogP contribution in [0.5, 0.6) is 0 Å². The van der Waals surface area contributed by atoms with Gasteiger partial charge in [0.1, 0.15) is 17.5 Å². The van der Waals surface area contributed by atoms with Gasteiger partial charge in [-0.25, -0.2) is 18.6 Å². The summed E-state index contributed by atoms with van der Waals surface area (Å²) in [5.41, 5.74) is 0.988. The van der Waals surface area contributed by atoms with E-state index in [1.54, 1.807) is 6.20 Å². The molecule has 0 aliphatic heterocycles. The van der Waals surface area contributed by atoms with Crippen LogP contribution in [0.25, 0.3) is 11.3 Å². The highest BCUT2D eigenvalue weighted by atomic mass is 19.1. The molecule has 0 bridgehead atoms. The van der Waals surface area contributed by atoms with Crippen molar-refractivity contribution in [3.63, 3.8) is 0 Å². The molecule has 0 aliphatic carbocycles. The molecule has 182 valence electrons. The maximum atomic E-state index is 14.5. The molecular formula is C25H30F2N4O3. The van der Waals surface area contributed by atoms with Gasteiger partial charge in [0.05, 0.1) is 17.8 Å². The van der Waals surface area contributed by atoms with Crippen molar-refractivity contribution in [1.82, 2.24) is 20.2 Å². The Morgan fingerprint density at radius 2 is 1.82 bits per heavy atom. The van der Waals surface area contributed by atoms with E-state index in [4.69, 9.17) is 10.1 Å². The number of rotatable bonds is 9. The van der Waals surface area contributed by atoms with E-state index in [9.17, 15) is 18.7 Å². The largest absolute Gasteiger partial charge is 0.465 e. The molecule has 1 amide bonds. The summed E-state index contributed by atoms with van der Waals surface area (Å²) in [5, 5.41) is 24.4. The predicted octanol–water partition coefficient (Wildman–Crippen LogP) is 4.18. The third kappa shape index (κ3) is 6.61. The number of aliphatic hydroxyl groups is 1. The molecule has 1 heterocycles. The fraction of sp³-hybridized carbons (Fsp3) is 0.360. The standard InChI is InChI=1S/C25H30F2N4O3/c1-25(2,3)22(28-12-18(32)13-29-24(33)34)23-30-21(19-11-17(26)9-10-20(19)27)15-31(23)14-16-7-5-4-6-8-16/h4-11,15,18,22,28-29,32H,12-14H2,1-3H3,(H,33,34)/t18-,22-/m0/s1. The minimum Gasteiger partial charge on any atom is -0.465 e. The molecule has 3 rings (SSSR count). The monoisotopic (exact) mass is 472 g/mol. The number of carboxylic acid groups (broad SMARTS) is 1. The number of nitrogens with one attached hydrogen (secondary N) is 2. The Morgan fingerprint density at radius 1 is 1.12 bits per heavy atom. The second-order valence-electron chi connectivity index (χ2n) is 9.27. The minimum absolute atomic E-state index is 0.0615. The van der Waals surface area contributed by atoms with Crippen molar-refractivity contribution in [3.8, 4) is 11.3 Å². The molecule has 2 atom stereocenters. The van der Waals surface area contributed by atoms with Gasteiger partial charge in [-0.1, -0.05) is 51.1 Å². The lowest BCUT2D eigenvalue weighted by atomic mass is 9.86. The predicted molar refractivity (Wildman–Crippen MR) is 125 cm³/mol. The number of hydrogen-bond donors (Lipinski definition) is 4. The number of amides is 1. The summed E-state index contributed by atoms with van der Waals surface area (Å²) in [7, 11) is 0. The van der Waals surface area contributed by atoms with Gasteiger partial charge in [0.2, 0.25) is 0 Å². The van der Waals surface area contributed by atoms with Crippen molar-refractivity contribution in [2.45, 2.75) is 39.5 Å². The number of aliphatic hydroxyl groups excluding tert-OH is 1. The van der Waals surface area contributed by atoms with Gasteiger partial charge in [0.15, 0.2) is 0 Å². The summed E-state index contributed by atoms with van der Waals surface area (Å²) >= 11 is 0. The second-order valence-corrected chi connectivity index (χ2v) is 9.27. The summed E-state index contributed by atoms with van der Waals surface area (Å²) in [4.78, 5) is 15.4. The zero-order valence-corrected chi connectivity index (χ0v) is 19.4. The maximum Gasteiger partial charge on any atom is 0.404 e. The number of imidazole rings is 1. The fourth-order valence-electron chi connectivity index (χ4n) is 3.71. The van der Waals surface area contributed by atoms with Crippen LogP contribution < -0.4 is 10.6 Å². The van der Waals surface area contributed by atoms with E-state index in [0.29, 0.717) is 18.1 Å². The number of nitrogens with zero attached hydrogens (tertiary/aromatic N) is 2. The molecule has 0 saturated carbocycles. The van der Waals surface area contributed by atoms with Gasteiger partial charge in [0.25, 0.3) is 0 Å². The molecule has 0 unspecified atom stereocenters. The van der Waals surface area contributed by atoms with Gasteiger partial charge in [-0.05, 0) is 29.2 Å². The SMILES string of the molecule is CC(C)(C)[C@@H](NC[C@H](O)CNC(=O)O)c1nc(-c2cc(F)ccc2F)cn1Cc1ccccc1. The molecule has 0 radical (unpaired) electrons. The van der Waals surface area contributed by atoms with Gasteiger partial charge >= 0.3 is 6.09 Å². The quantitative estimate of drug-likeness (QED) is 0.374. The van der Waals surface area contributed by atoms with Crippen LogP contribution in [0.4, 0.5) is 13.6 Å². The maximum absolute atomic E-state index is 14.5. The third-order valence-electron chi connectivity index (χ3n) is 5.38. The molecule has 4 N–H and O–H groups in total. The topological polar surface area (TPSA) is 99.4 Å².